The number of benzene rings is 2. The highest BCUT2D eigenvalue weighted by atomic mass is 16.5. The van der Waals surface area contributed by atoms with Crippen LogP contribution < -0.4 is 4.74 Å². The Labute approximate surface area is 140 Å². The Bertz CT molecular complexity index is 870. The summed E-state index contributed by atoms with van der Waals surface area (Å²) < 4.78 is 6.80. The van der Waals surface area contributed by atoms with Gasteiger partial charge in [0.25, 0.3) is 0 Å². The zero-order chi connectivity index (χ0) is 17.1. The first-order valence-corrected chi connectivity index (χ1v) is 7.58. The molecule has 0 saturated heterocycles. The molecule has 0 aliphatic heterocycles. The predicted molar refractivity (Wildman–Crippen MR) is 92.0 cm³/mol. The molecule has 0 aliphatic carbocycles. The highest BCUT2D eigenvalue weighted by Gasteiger charge is 2.14. The second kappa shape index (κ2) is 6.58. The van der Waals surface area contributed by atoms with Gasteiger partial charge in [0.15, 0.2) is 0 Å². The number of nitrogens with zero attached hydrogens (tertiary/aromatic N) is 2. The van der Waals surface area contributed by atoms with E-state index in [1.54, 1.807) is 7.11 Å². The van der Waals surface area contributed by atoms with Crippen LogP contribution in [-0.4, -0.2) is 28.0 Å². The number of aryl methyl sites for hydroxylation is 1. The Hall–Kier alpha value is -3.08. The maximum Gasteiger partial charge on any atom is 0.325 e. The minimum absolute atomic E-state index is 0.181. The summed E-state index contributed by atoms with van der Waals surface area (Å²) in [6.07, 6.45) is 0. The molecule has 0 atom stereocenters. The minimum atomic E-state index is -0.923. The summed E-state index contributed by atoms with van der Waals surface area (Å²) in [6.45, 7) is 1.79. The van der Waals surface area contributed by atoms with Crippen LogP contribution in [0.3, 0.4) is 0 Å². The van der Waals surface area contributed by atoms with Crippen LogP contribution in [0.4, 0.5) is 0 Å². The molecule has 0 spiro atoms. The fourth-order valence-corrected chi connectivity index (χ4v) is 2.69. The molecule has 0 fully saturated rings. The summed E-state index contributed by atoms with van der Waals surface area (Å²) in [5, 5.41) is 13.6. The molecule has 24 heavy (non-hydrogen) atoms. The molecule has 122 valence electrons. The van der Waals surface area contributed by atoms with Crippen LogP contribution in [-0.2, 0) is 11.3 Å². The first-order chi connectivity index (χ1) is 11.6. The summed E-state index contributed by atoms with van der Waals surface area (Å²) in [5.41, 5.74) is 4.38. The highest BCUT2D eigenvalue weighted by molar-refractivity contribution is 5.72. The van der Waals surface area contributed by atoms with E-state index in [0.29, 0.717) is 0 Å². The van der Waals surface area contributed by atoms with E-state index < -0.39 is 5.97 Å². The van der Waals surface area contributed by atoms with Crippen LogP contribution in [0.1, 0.15) is 5.56 Å². The number of carboxylic acid groups (broad SMARTS) is 1. The standard InChI is InChI=1S/C19H18N2O3/c1-13-10-15(8-9-18(13)24-2)16-11-17(14-6-4-3-5-7-14)21(20-16)12-19(22)23/h3-11H,12H2,1-2H3,(H,22,23). The van der Waals surface area contributed by atoms with Crippen molar-refractivity contribution in [2.24, 2.45) is 0 Å². The van der Waals surface area contributed by atoms with E-state index in [-0.39, 0.29) is 6.54 Å². The molecule has 1 heterocycles. The molecule has 5 nitrogen and oxygen atoms in total. The van der Waals surface area contributed by atoms with Crippen molar-refractivity contribution in [1.29, 1.82) is 0 Å². The summed E-state index contributed by atoms with van der Waals surface area (Å²) in [6, 6.07) is 17.4. The topological polar surface area (TPSA) is 64.3 Å². The Morgan fingerprint density at radius 1 is 1.12 bits per heavy atom. The molecule has 3 aromatic rings. The molecular formula is C19H18N2O3. The zero-order valence-corrected chi connectivity index (χ0v) is 13.6. The van der Waals surface area contributed by atoms with Gasteiger partial charge in [0.05, 0.1) is 18.5 Å². The Kier molecular flexibility index (Phi) is 4.33. The van der Waals surface area contributed by atoms with E-state index in [1.807, 2.05) is 61.5 Å². The zero-order valence-electron chi connectivity index (χ0n) is 13.6. The molecule has 0 saturated carbocycles. The summed E-state index contributed by atoms with van der Waals surface area (Å²) in [7, 11) is 1.64. The third-order valence-corrected chi connectivity index (χ3v) is 3.83. The van der Waals surface area contributed by atoms with Gasteiger partial charge in [-0.1, -0.05) is 30.3 Å². The fourth-order valence-electron chi connectivity index (χ4n) is 2.69. The normalized spacial score (nSPS) is 10.6. The molecule has 1 aromatic heterocycles. The number of carboxylic acids is 1. The maximum absolute atomic E-state index is 11.2. The largest absolute Gasteiger partial charge is 0.496 e. The van der Waals surface area contributed by atoms with Gasteiger partial charge >= 0.3 is 5.97 Å². The number of hydrogen-bond donors (Lipinski definition) is 1. The van der Waals surface area contributed by atoms with Gasteiger partial charge in [-0.15, -0.1) is 0 Å². The van der Waals surface area contributed by atoms with Gasteiger partial charge < -0.3 is 9.84 Å². The first-order valence-electron chi connectivity index (χ1n) is 7.58. The van der Waals surface area contributed by atoms with Gasteiger partial charge in [-0.2, -0.15) is 5.10 Å². The molecule has 3 rings (SSSR count). The van der Waals surface area contributed by atoms with Crippen molar-refractivity contribution < 1.29 is 14.6 Å². The Morgan fingerprint density at radius 3 is 2.50 bits per heavy atom. The van der Waals surface area contributed by atoms with E-state index in [4.69, 9.17) is 9.84 Å². The second-order valence-corrected chi connectivity index (χ2v) is 5.52. The lowest BCUT2D eigenvalue weighted by molar-refractivity contribution is -0.137. The van der Waals surface area contributed by atoms with Gasteiger partial charge in [-0.05, 0) is 42.3 Å². The van der Waals surface area contributed by atoms with Gasteiger partial charge in [0.1, 0.15) is 12.3 Å². The van der Waals surface area contributed by atoms with Gasteiger partial charge in [-0.25, -0.2) is 0 Å². The lowest BCUT2D eigenvalue weighted by Crippen LogP contribution is -2.11. The van der Waals surface area contributed by atoms with Crippen molar-refractivity contribution >= 4 is 5.97 Å². The first kappa shape index (κ1) is 15.8. The molecule has 1 N–H and O–H groups in total. The maximum atomic E-state index is 11.2. The number of carbonyl (C=O) groups is 1. The summed E-state index contributed by atoms with van der Waals surface area (Å²) in [4.78, 5) is 11.2. The van der Waals surface area contributed by atoms with Gasteiger partial charge in [0.2, 0.25) is 0 Å². The Balaban J connectivity index is 2.08. The van der Waals surface area contributed by atoms with Crippen molar-refractivity contribution in [3.63, 3.8) is 0 Å². The second-order valence-electron chi connectivity index (χ2n) is 5.52. The lowest BCUT2D eigenvalue weighted by atomic mass is 10.1. The van der Waals surface area contributed by atoms with Gasteiger partial charge in [-0.3, -0.25) is 9.48 Å². The molecule has 0 bridgehead atoms. The van der Waals surface area contributed by atoms with E-state index in [2.05, 4.69) is 5.10 Å². The molecule has 0 unspecified atom stereocenters. The number of ether oxygens (including phenoxy) is 1. The average molecular weight is 322 g/mol. The monoisotopic (exact) mass is 322 g/mol. The SMILES string of the molecule is COc1ccc(-c2cc(-c3ccccc3)n(CC(=O)O)n2)cc1C. The number of rotatable bonds is 5. The highest BCUT2D eigenvalue weighted by Crippen LogP contribution is 2.29. The lowest BCUT2D eigenvalue weighted by Gasteiger charge is -2.05. The van der Waals surface area contributed by atoms with Crippen LogP contribution in [0.15, 0.2) is 54.6 Å². The third kappa shape index (κ3) is 3.15. The van der Waals surface area contributed by atoms with Crippen LogP contribution in [0.5, 0.6) is 5.75 Å². The number of hydrogen-bond acceptors (Lipinski definition) is 3. The molecule has 2 aromatic carbocycles. The molecule has 0 radical (unpaired) electrons. The van der Waals surface area contributed by atoms with E-state index in [1.165, 1.54) is 4.68 Å². The third-order valence-electron chi connectivity index (χ3n) is 3.83. The van der Waals surface area contributed by atoms with Crippen LogP contribution in [0.25, 0.3) is 22.5 Å². The van der Waals surface area contributed by atoms with E-state index >= 15 is 0 Å². The van der Waals surface area contributed by atoms with Crippen LogP contribution in [0.2, 0.25) is 0 Å². The van der Waals surface area contributed by atoms with Crippen LogP contribution >= 0.6 is 0 Å². The van der Waals surface area contributed by atoms with E-state index in [9.17, 15) is 4.79 Å². The Morgan fingerprint density at radius 2 is 1.88 bits per heavy atom. The number of methoxy groups -OCH3 is 1. The van der Waals surface area contributed by atoms with Crippen molar-refractivity contribution in [1.82, 2.24) is 9.78 Å². The summed E-state index contributed by atoms with van der Waals surface area (Å²) >= 11 is 0. The summed E-state index contributed by atoms with van der Waals surface area (Å²) in [5.74, 6) is -0.111. The van der Waals surface area contributed by atoms with Crippen molar-refractivity contribution in [3.05, 3.63) is 60.2 Å². The van der Waals surface area contributed by atoms with Crippen molar-refractivity contribution in [3.8, 4) is 28.3 Å². The predicted octanol–water partition coefficient (Wildman–Crippen LogP) is 3.62. The van der Waals surface area contributed by atoms with Crippen molar-refractivity contribution in [2.45, 2.75) is 13.5 Å². The molecule has 5 heteroatoms. The fraction of sp³-hybridized carbons (Fsp3) is 0.158. The van der Waals surface area contributed by atoms with E-state index in [0.717, 1.165) is 33.8 Å². The molecular weight excluding hydrogens is 304 g/mol. The average Bonchev–Trinajstić information content (AvgIpc) is 2.98. The molecule has 0 amide bonds. The van der Waals surface area contributed by atoms with Gasteiger partial charge in [0, 0.05) is 5.56 Å². The quantitative estimate of drug-likeness (QED) is 0.779. The molecule has 0 aliphatic rings. The smallest absolute Gasteiger partial charge is 0.325 e. The number of aliphatic carboxylic acids is 1. The number of aromatic nitrogens is 2. The minimum Gasteiger partial charge on any atom is -0.496 e. The van der Waals surface area contributed by atoms with Crippen LogP contribution in [0, 0.1) is 6.92 Å². The van der Waals surface area contributed by atoms with Crippen molar-refractivity contribution in [2.75, 3.05) is 7.11 Å².